The summed E-state index contributed by atoms with van der Waals surface area (Å²) in [4.78, 5) is 0. The van der Waals surface area contributed by atoms with E-state index in [0.717, 1.165) is 18.4 Å². The zero-order chi connectivity index (χ0) is 12.4. The Labute approximate surface area is 111 Å². The Morgan fingerprint density at radius 1 is 1.22 bits per heavy atom. The lowest BCUT2D eigenvalue weighted by molar-refractivity contribution is 0.244. The summed E-state index contributed by atoms with van der Waals surface area (Å²) in [7, 11) is 0. The molecule has 0 spiro atoms. The second-order valence-corrected chi connectivity index (χ2v) is 6.04. The first kappa shape index (κ1) is 12.2. The van der Waals surface area contributed by atoms with Gasteiger partial charge in [-0.3, -0.25) is 0 Å². The molecular weight excluding hydrogens is 218 g/mol. The minimum Gasteiger partial charge on any atom is -0.314 e. The molecule has 1 N–H and O–H groups in total. The zero-order valence-corrected chi connectivity index (χ0v) is 11.5. The van der Waals surface area contributed by atoms with E-state index in [9.17, 15) is 0 Å². The van der Waals surface area contributed by atoms with E-state index in [1.807, 2.05) is 0 Å². The Balaban J connectivity index is 1.74. The van der Waals surface area contributed by atoms with Crippen molar-refractivity contribution in [3.05, 3.63) is 35.4 Å². The number of likely N-dealkylation sites (N-methyl/N-ethyl adjacent to an activating group) is 1. The molecule has 3 rings (SSSR count). The van der Waals surface area contributed by atoms with E-state index in [4.69, 9.17) is 0 Å². The van der Waals surface area contributed by atoms with Gasteiger partial charge in [0.15, 0.2) is 0 Å². The first-order valence-corrected chi connectivity index (χ1v) is 7.69. The van der Waals surface area contributed by atoms with E-state index in [-0.39, 0.29) is 0 Å². The second kappa shape index (κ2) is 5.44. The van der Waals surface area contributed by atoms with E-state index in [2.05, 4.69) is 36.5 Å². The molecule has 0 aromatic heterocycles. The second-order valence-electron chi connectivity index (χ2n) is 6.04. The van der Waals surface area contributed by atoms with Crippen LogP contribution in [-0.4, -0.2) is 12.6 Å². The van der Waals surface area contributed by atoms with Crippen molar-refractivity contribution in [1.29, 1.82) is 0 Å². The minimum absolute atomic E-state index is 0.712. The van der Waals surface area contributed by atoms with Crippen LogP contribution < -0.4 is 5.32 Å². The van der Waals surface area contributed by atoms with Gasteiger partial charge in [-0.25, -0.2) is 0 Å². The summed E-state index contributed by atoms with van der Waals surface area (Å²) in [6.07, 6.45) is 8.43. The lowest BCUT2D eigenvalue weighted by Gasteiger charge is -2.33. The molecule has 0 heterocycles. The lowest BCUT2D eigenvalue weighted by atomic mass is 9.77. The molecule has 1 saturated carbocycles. The van der Waals surface area contributed by atoms with E-state index in [1.165, 1.54) is 38.5 Å². The smallest absolute Gasteiger partial charge is 0.0138 e. The fourth-order valence-electron chi connectivity index (χ4n) is 3.75. The highest BCUT2D eigenvalue weighted by Crippen LogP contribution is 2.40. The molecular formula is C17H25N. The van der Waals surface area contributed by atoms with Crippen molar-refractivity contribution < 1.29 is 0 Å². The predicted octanol–water partition coefficient (Wildman–Crippen LogP) is 3.88. The van der Waals surface area contributed by atoms with Crippen LogP contribution in [0.15, 0.2) is 24.3 Å². The van der Waals surface area contributed by atoms with Crippen molar-refractivity contribution in [2.45, 2.75) is 57.4 Å². The van der Waals surface area contributed by atoms with Gasteiger partial charge in [-0.1, -0.05) is 50.5 Å². The Bertz CT molecular complexity index is 394. The van der Waals surface area contributed by atoms with Crippen LogP contribution in [0.2, 0.25) is 0 Å². The van der Waals surface area contributed by atoms with Crippen LogP contribution in [-0.2, 0) is 6.42 Å². The van der Waals surface area contributed by atoms with Gasteiger partial charge in [-0.15, -0.1) is 0 Å². The van der Waals surface area contributed by atoms with Gasteiger partial charge in [-0.2, -0.15) is 0 Å². The Hall–Kier alpha value is -0.820. The molecule has 18 heavy (non-hydrogen) atoms. The summed E-state index contributed by atoms with van der Waals surface area (Å²) in [5, 5.41) is 3.76. The third-order valence-corrected chi connectivity index (χ3v) is 4.94. The summed E-state index contributed by atoms with van der Waals surface area (Å²) in [6.45, 7) is 3.35. The van der Waals surface area contributed by atoms with Crippen LogP contribution in [0.25, 0.3) is 0 Å². The number of benzene rings is 1. The maximum atomic E-state index is 3.76. The van der Waals surface area contributed by atoms with Gasteiger partial charge in [0.1, 0.15) is 0 Å². The van der Waals surface area contributed by atoms with Crippen molar-refractivity contribution in [2.75, 3.05) is 6.54 Å². The van der Waals surface area contributed by atoms with Crippen LogP contribution >= 0.6 is 0 Å². The van der Waals surface area contributed by atoms with Crippen LogP contribution in [0.4, 0.5) is 0 Å². The number of hydrogen-bond donors (Lipinski definition) is 1. The zero-order valence-electron chi connectivity index (χ0n) is 11.5. The SMILES string of the molecule is CCNC(CC1CCC1)C1CCc2ccccc21. The molecule has 2 unspecified atom stereocenters. The van der Waals surface area contributed by atoms with Gasteiger partial charge < -0.3 is 5.32 Å². The van der Waals surface area contributed by atoms with Crippen LogP contribution in [0.5, 0.6) is 0 Å². The van der Waals surface area contributed by atoms with Crippen LogP contribution in [0.3, 0.4) is 0 Å². The maximum Gasteiger partial charge on any atom is 0.0138 e. The van der Waals surface area contributed by atoms with Crippen LogP contribution in [0, 0.1) is 5.92 Å². The molecule has 2 aliphatic carbocycles. The molecule has 0 amide bonds. The highest BCUT2D eigenvalue weighted by Gasteiger charge is 2.31. The van der Waals surface area contributed by atoms with Gasteiger partial charge >= 0.3 is 0 Å². The third-order valence-electron chi connectivity index (χ3n) is 4.94. The fraction of sp³-hybridized carbons (Fsp3) is 0.647. The van der Waals surface area contributed by atoms with Gasteiger partial charge in [0.25, 0.3) is 0 Å². The summed E-state index contributed by atoms with van der Waals surface area (Å²) in [6, 6.07) is 9.79. The molecule has 1 nitrogen and oxygen atoms in total. The van der Waals surface area contributed by atoms with Crippen LogP contribution in [0.1, 0.15) is 56.1 Å². The predicted molar refractivity (Wildman–Crippen MR) is 76.9 cm³/mol. The third kappa shape index (κ3) is 2.33. The Morgan fingerprint density at radius 2 is 2.06 bits per heavy atom. The Morgan fingerprint density at radius 3 is 2.78 bits per heavy atom. The fourth-order valence-corrected chi connectivity index (χ4v) is 3.75. The topological polar surface area (TPSA) is 12.0 Å². The van der Waals surface area contributed by atoms with E-state index < -0.39 is 0 Å². The van der Waals surface area contributed by atoms with Gasteiger partial charge in [-0.05, 0) is 48.8 Å². The normalized spacial score (nSPS) is 24.6. The standard InChI is InChI=1S/C17H25N/c1-2-18-17(12-13-6-5-7-13)16-11-10-14-8-3-4-9-15(14)16/h3-4,8-9,13,16-18H,2,5-7,10-12H2,1H3. The average molecular weight is 243 g/mol. The maximum absolute atomic E-state index is 3.76. The van der Waals surface area contributed by atoms with E-state index >= 15 is 0 Å². The van der Waals surface area contributed by atoms with Crippen molar-refractivity contribution in [1.82, 2.24) is 5.32 Å². The largest absolute Gasteiger partial charge is 0.314 e. The molecule has 0 aliphatic heterocycles. The molecule has 0 bridgehead atoms. The minimum atomic E-state index is 0.712. The van der Waals surface area contributed by atoms with E-state index in [0.29, 0.717) is 6.04 Å². The molecule has 1 aromatic rings. The van der Waals surface area contributed by atoms with Gasteiger partial charge in [0.2, 0.25) is 0 Å². The summed E-state index contributed by atoms with van der Waals surface area (Å²) < 4.78 is 0. The van der Waals surface area contributed by atoms with Gasteiger partial charge in [0, 0.05) is 6.04 Å². The molecule has 1 heteroatoms. The quantitative estimate of drug-likeness (QED) is 0.827. The van der Waals surface area contributed by atoms with E-state index in [1.54, 1.807) is 11.1 Å². The first-order valence-electron chi connectivity index (χ1n) is 7.69. The molecule has 2 atom stereocenters. The molecule has 0 radical (unpaired) electrons. The highest BCUT2D eigenvalue weighted by molar-refractivity contribution is 5.36. The molecule has 0 saturated heterocycles. The molecule has 1 fully saturated rings. The van der Waals surface area contributed by atoms with Crippen molar-refractivity contribution in [3.8, 4) is 0 Å². The number of fused-ring (bicyclic) bond motifs is 1. The van der Waals surface area contributed by atoms with Crippen molar-refractivity contribution in [2.24, 2.45) is 5.92 Å². The number of rotatable bonds is 5. The first-order chi connectivity index (χ1) is 8.88. The number of aryl methyl sites for hydroxylation is 1. The van der Waals surface area contributed by atoms with Gasteiger partial charge in [0.05, 0.1) is 0 Å². The summed E-state index contributed by atoms with van der Waals surface area (Å²) in [5.41, 5.74) is 3.22. The Kier molecular flexibility index (Phi) is 3.69. The monoisotopic (exact) mass is 243 g/mol. The summed E-state index contributed by atoms with van der Waals surface area (Å²) in [5.74, 6) is 1.77. The van der Waals surface area contributed by atoms with Crippen molar-refractivity contribution in [3.63, 3.8) is 0 Å². The highest BCUT2D eigenvalue weighted by atomic mass is 14.9. The molecule has 98 valence electrons. The number of hydrogen-bond acceptors (Lipinski definition) is 1. The average Bonchev–Trinajstić information content (AvgIpc) is 2.76. The van der Waals surface area contributed by atoms with Crippen molar-refractivity contribution >= 4 is 0 Å². The lowest BCUT2D eigenvalue weighted by Crippen LogP contribution is -2.37. The summed E-state index contributed by atoms with van der Waals surface area (Å²) >= 11 is 0. The molecule has 2 aliphatic rings. The molecule has 1 aromatic carbocycles. The number of nitrogens with one attached hydrogen (secondary N) is 1.